The third-order valence-corrected chi connectivity index (χ3v) is 4.42. The first-order chi connectivity index (χ1) is 8.63. The first-order valence-electron chi connectivity index (χ1n) is 6.46. The van der Waals surface area contributed by atoms with Crippen LogP contribution < -0.4 is 5.32 Å². The van der Waals surface area contributed by atoms with Crippen molar-refractivity contribution in [2.45, 2.75) is 26.2 Å². The van der Waals surface area contributed by atoms with E-state index in [1.807, 2.05) is 14.0 Å². The number of nitrogens with one attached hydrogen (secondary N) is 1. The minimum atomic E-state index is -0.0270. The van der Waals surface area contributed by atoms with Crippen LogP contribution in [0.15, 0.2) is 6.20 Å². The summed E-state index contributed by atoms with van der Waals surface area (Å²) in [6, 6.07) is 0. The third-order valence-electron chi connectivity index (χ3n) is 4.02. The second-order valence-corrected chi connectivity index (χ2v) is 5.39. The molecular weight excluding hydrogens is 250 g/mol. The lowest BCUT2D eigenvalue weighted by Crippen LogP contribution is -2.31. The van der Waals surface area contributed by atoms with Crippen molar-refractivity contribution in [2.75, 3.05) is 12.4 Å². The van der Waals surface area contributed by atoms with Crippen LogP contribution in [0.3, 0.4) is 0 Å². The number of carbonyl (C=O) groups excluding carboxylic acids is 1. The van der Waals surface area contributed by atoms with E-state index in [4.69, 9.17) is 11.6 Å². The number of aryl methyl sites for hydroxylation is 1. The number of alkyl halides is 1. The van der Waals surface area contributed by atoms with Crippen molar-refractivity contribution in [3.8, 4) is 0 Å². The quantitative estimate of drug-likeness (QED) is 0.851. The van der Waals surface area contributed by atoms with Crippen LogP contribution >= 0.6 is 11.6 Å². The van der Waals surface area contributed by atoms with Crippen LogP contribution in [0, 0.1) is 18.8 Å². The van der Waals surface area contributed by atoms with Gasteiger partial charge in [0, 0.05) is 25.2 Å². The van der Waals surface area contributed by atoms with Gasteiger partial charge in [-0.25, -0.2) is 0 Å². The van der Waals surface area contributed by atoms with E-state index in [1.165, 1.54) is 19.3 Å². The molecule has 0 saturated heterocycles. The largest absolute Gasteiger partial charge is 0.352 e. The van der Waals surface area contributed by atoms with E-state index in [1.54, 1.807) is 10.9 Å². The molecule has 0 radical (unpaired) electrons. The fraction of sp³-hybridized carbons (Fsp3) is 0.692. The van der Waals surface area contributed by atoms with Gasteiger partial charge in [-0.2, -0.15) is 5.10 Å². The summed E-state index contributed by atoms with van der Waals surface area (Å²) < 4.78 is 1.71. The SMILES string of the molecule is Cc1c(C(=O)NCC2CCCC2CCl)cnn1C. The van der Waals surface area contributed by atoms with E-state index in [0.29, 0.717) is 23.3 Å². The average Bonchev–Trinajstić information content (AvgIpc) is 2.94. The molecule has 1 aromatic rings. The Balaban J connectivity index is 1.90. The van der Waals surface area contributed by atoms with Gasteiger partial charge >= 0.3 is 0 Å². The maximum atomic E-state index is 12.0. The molecule has 1 heterocycles. The van der Waals surface area contributed by atoms with Crippen LogP contribution in [-0.4, -0.2) is 28.1 Å². The number of nitrogens with zero attached hydrogens (tertiary/aromatic N) is 2. The number of carbonyl (C=O) groups is 1. The van der Waals surface area contributed by atoms with Gasteiger partial charge in [-0.05, 0) is 31.6 Å². The van der Waals surface area contributed by atoms with Crippen LogP contribution in [0.1, 0.15) is 35.3 Å². The van der Waals surface area contributed by atoms with E-state index < -0.39 is 0 Å². The van der Waals surface area contributed by atoms with Crippen LogP contribution in [0.25, 0.3) is 0 Å². The van der Waals surface area contributed by atoms with E-state index >= 15 is 0 Å². The van der Waals surface area contributed by atoms with Crippen LogP contribution in [0.4, 0.5) is 0 Å². The van der Waals surface area contributed by atoms with Gasteiger partial charge in [-0.3, -0.25) is 9.48 Å². The molecule has 18 heavy (non-hydrogen) atoms. The number of hydrogen-bond donors (Lipinski definition) is 1. The smallest absolute Gasteiger partial charge is 0.254 e. The summed E-state index contributed by atoms with van der Waals surface area (Å²) in [5.41, 5.74) is 1.56. The first kappa shape index (κ1) is 13.4. The number of aromatic nitrogens is 2. The Kier molecular flexibility index (Phi) is 4.27. The Hall–Kier alpha value is -1.03. The van der Waals surface area contributed by atoms with Crippen molar-refractivity contribution >= 4 is 17.5 Å². The molecule has 100 valence electrons. The number of halogens is 1. The highest BCUT2D eigenvalue weighted by Crippen LogP contribution is 2.31. The minimum Gasteiger partial charge on any atom is -0.352 e. The summed E-state index contributed by atoms with van der Waals surface area (Å²) in [4.78, 5) is 12.0. The topological polar surface area (TPSA) is 46.9 Å². The molecule has 1 amide bonds. The van der Waals surface area contributed by atoms with Crippen molar-refractivity contribution in [1.82, 2.24) is 15.1 Å². The fourth-order valence-electron chi connectivity index (χ4n) is 2.63. The number of amides is 1. The second kappa shape index (κ2) is 5.74. The molecule has 0 aliphatic heterocycles. The number of hydrogen-bond acceptors (Lipinski definition) is 2. The minimum absolute atomic E-state index is 0.0270. The summed E-state index contributed by atoms with van der Waals surface area (Å²) in [5, 5.41) is 7.09. The molecule has 0 bridgehead atoms. The van der Waals surface area contributed by atoms with E-state index in [0.717, 1.165) is 12.2 Å². The van der Waals surface area contributed by atoms with Gasteiger partial charge in [0.1, 0.15) is 0 Å². The lowest BCUT2D eigenvalue weighted by atomic mass is 9.98. The Morgan fingerprint density at radius 1 is 1.56 bits per heavy atom. The molecule has 1 N–H and O–H groups in total. The third kappa shape index (κ3) is 2.69. The van der Waals surface area contributed by atoms with Gasteiger partial charge in [0.25, 0.3) is 5.91 Å². The molecule has 0 aromatic carbocycles. The van der Waals surface area contributed by atoms with Crippen molar-refractivity contribution in [1.29, 1.82) is 0 Å². The van der Waals surface area contributed by atoms with Crippen molar-refractivity contribution in [3.05, 3.63) is 17.5 Å². The fourth-order valence-corrected chi connectivity index (χ4v) is 3.03. The van der Waals surface area contributed by atoms with E-state index in [9.17, 15) is 4.79 Å². The molecule has 1 fully saturated rings. The number of rotatable bonds is 4. The maximum Gasteiger partial charge on any atom is 0.254 e. The first-order valence-corrected chi connectivity index (χ1v) is 6.99. The van der Waals surface area contributed by atoms with Gasteiger partial charge in [-0.15, -0.1) is 11.6 Å². The molecule has 1 aliphatic rings. The van der Waals surface area contributed by atoms with Gasteiger partial charge in [-0.1, -0.05) is 6.42 Å². The van der Waals surface area contributed by atoms with Crippen LogP contribution in [0.5, 0.6) is 0 Å². The Labute approximate surface area is 113 Å². The maximum absolute atomic E-state index is 12.0. The zero-order valence-electron chi connectivity index (χ0n) is 10.9. The van der Waals surface area contributed by atoms with Crippen LogP contribution in [-0.2, 0) is 7.05 Å². The zero-order valence-corrected chi connectivity index (χ0v) is 11.7. The van der Waals surface area contributed by atoms with Crippen molar-refractivity contribution < 1.29 is 4.79 Å². The molecular formula is C13H20ClN3O. The summed E-state index contributed by atoms with van der Waals surface area (Å²) in [7, 11) is 1.84. The zero-order chi connectivity index (χ0) is 13.1. The lowest BCUT2D eigenvalue weighted by molar-refractivity contribution is 0.0944. The van der Waals surface area contributed by atoms with Gasteiger partial charge in [0.15, 0.2) is 0 Å². The molecule has 4 nitrogen and oxygen atoms in total. The highest BCUT2D eigenvalue weighted by atomic mass is 35.5. The Morgan fingerprint density at radius 3 is 2.89 bits per heavy atom. The molecule has 1 saturated carbocycles. The molecule has 1 aromatic heterocycles. The molecule has 2 atom stereocenters. The summed E-state index contributed by atoms with van der Waals surface area (Å²) >= 11 is 5.94. The van der Waals surface area contributed by atoms with Gasteiger partial charge in [0.05, 0.1) is 11.8 Å². The highest BCUT2D eigenvalue weighted by Gasteiger charge is 2.27. The second-order valence-electron chi connectivity index (χ2n) is 5.08. The average molecular weight is 270 g/mol. The predicted octanol–water partition coefficient (Wildman–Crippen LogP) is 2.11. The van der Waals surface area contributed by atoms with E-state index in [2.05, 4.69) is 10.4 Å². The monoisotopic (exact) mass is 269 g/mol. The highest BCUT2D eigenvalue weighted by molar-refractivity contribution is 6.18. The van der Waals surface area contributed by atoms with E-state index in [-0.39, 0.29) is 5.91 Å². The standard InChI is InChI=1S/C13H20ClN3O/c1-9-12(8-16-17(9)2)13(18)15-7-11-5-3-4-10(11)6-14/h8,10-11H,3-7H2,1-2H3,(H,15,18). The lowest BCUT2D eigenvalue weighted by Gasteiger charge is -2.17. The van der Waals surface area contributed by atoms with Crippen molar-refractivity contribution in [3.63, 3.8) is 0 Å². The predicted molar refractivity (Wildman–Crippen MR) is 71.8 cm³/mol. The van der Waals surface area contributed by atoms with Crippen molar-refractivity contribution in [2.24, 2.45) is 18.9 Å². The summed E-state index contributed by atoms with van der Waals surface area (Å²) in [6.07, 6.45) is 5.21. The molecule has 2 rings (SSSR count). The van der Waals surface area contributed by atoms with Gasteiger partial charge < -0.3 is 5.32 Å². The van der Waals surface area contributed by atoms with Gasteiger partial charge in [0.2, 0.25) is 0 Å². The Morgan fingerprint density at radius 2 is 2.28 bits per heavy atom. The molecule has 5 heteroatoms. The molecule has 2 unspecified atom stereocenters. The normalized spacial score (nSPS) is 23.3. The molecule has 0 spiro atoms. The molecule has 1 aliphatic carbocycles. The summed E-state index contributed by atoms with van der Waals surface area (Å²) in [6.45, 7) is 2.63. The Bertz CT molecular complexity index is 430. The van der Waals surface area contributed by atoms with Crippen LogP contribution in [0.2, 0.25) is 0 Å². The summed E-state index contributed by atoms with van der Waals surface area (Å²) in [5.74, 6) is 1.76.